The van der Waals surface area contributed by atoms with Crippen LogP contribution >= 0.6 is 11.3 Å². The first kappa shape index (κ1) is 27.0. The Balaban J connectivity index is 1.11. The average Bonchev–Trinajstić information content (AvgIpc) is 3.86. The van der Waals surface area contributed by atoms with E-state index in [1.165, 1.54) is 0 Å². The molecule has 0 atom stereocenters. The molecule has 0 N–H and O–H groups in total. The zero-order valence-electron chi connectivity index (χ0n) is 25.6. The average molecular weight is 635 g/mol. The van der Waals surface area contributed by atoms with Crippen LogP contribution in [0.25, 0.3) is 75.8 Å². The molecule has 226 valence electrons. The number of para-hydroxylation sites is 3. The highest BCUT2D eigenvalue weighted by molar-refractivity contribution is 7.21. The second kappa shape index (κ2) is 10.7. The van der Waals surface area contributed by atoms with Crippen molar-refractivity contribution in [1.82, 2.24) is 4.98 Å². The Morgan fingerprint density at radius 2 is 1.17 bits per heavy atom. The molecule has 0 aliphatic rings. The highest BCUT2D eigenvalue weighted by atomic mass is 32.1. The number of fused-ring (bicyclic) bond motifs is 8. The van der Waals surface area contributed by atoms with Crippen molar-refractivity contribution in [1.29, 1.82) is 0 Å². The molecule has 5 heteroatoms. The molecular formula is C43H26N2O2S. The Bertz CT molecular complexity index is 2780. The van der Waals surface area contributed by atoms with Gasteiger partial charge in [0.1, 0.15) is 27.3 Å². The summed E-state index contributed by atoms with van der Waals surface area (Å²) in [6.45, 7) is 0. The molecule has 0 aliphatic heterocycles. The van der Waals surface area contributed by atoms with E-state index in [0.29, 0.717) is 0 Å². The van der Waals surface area contributed by atoms with E-state index >= 15 is 0 Å². The van der Waals surface area contributed by atoms with E-state index in [-0.39, 0.29) is 0 Å². The van der Waals surface area contributed by atoms with Gasteiger partial charge in [0.05, 0.1) is 15.6 Å². The Hall–Kier alpha value is -6.17. The van der Waals surface area contributed by atoms with Crippen LogP contribution in [0.1, 0.15) is 0 Å². The molecule has 0 amide bonds. The predicted octanol–water partition coefficient (Wildman–Crippen LogP) is 12.9. The second-order valence-corrected chi connectivity index (χ2v) is 13.0. The fourth-order valence-electron chi connectivity index (χ4n) is 6.87. The minimum atomic E-state index is 0.843. The predicted molar refractivity (Wildman–Crippen MR) is 200 cm³/mol. The van der Waals surface area contributed by atoms with Crippen molar-refractivity contribution in [3.05, 3.63) is 158 Å². The summed E-state index contributed by atoms with van der Waals surface area (Å²) in [6.07, 6.45) is 0. The molecule has 0 saturated heterocycles. The highest BCUT2D eigenvalue weighted by Crippen LogP contribution is 2.43. The van der Waals surface area contributed by atoms with Crippen molar-refractivity contribution in [2.24, 2.45) is 0 Å². The molecule has 0 unspecified atom stereocenters. The van der Waals surface area contributed by atoms with E-state index < -0.39 is 0 Å². The number of benzene rings is 7. The zero-order chi connectivity index (χ0) is 31.6. The molecule has 0 radical (unpaired) electrons. The standard InChI is InChI=1S/C43H26N2O2S/c1-3-10-28(11-4-1)43-44-41-39(48-43)25-24-38-40(41)35-26-31(22-23-37(35)46-38)45(29-12-5-2-6-13-29)30-20-18-27(19-21-30)32-15-9-16-34-33-14-7-8-17-36(33)47-42(32)34/h1-26H. The molecule has 4 nitrogen and oxygen atoms in total. The topological polar surface area (TPSA) is 42.4 Å². The van der Waals surface area contributed by atoms with E-state index in [2.05, 4.69) is 144 Å². The molecule has 0 fully saturated rings. The largest absolute Gasteiger partial charge is 0.456 e. The third-order valence-electron chi connectivity index (χ3n) is 9.11. The number of rotatable bonds is 5. The quantitative estimate of drug-likeness (QED) is 0.189. The van der Waals surface area contributed by atoms with E-state index in [9.17, 15) is 0 Å². The summed E-state index contributed by atoms with van der Waals surface area (Å²) in [4.78, 5) is 7.43. The van der Waals surface area contributed by atoms with E-state index in [0.717, 1.165) is 92.9 Å². The summed E-state index contributed by atoms with van der Waals surface area (Å²) in [5.74, 6) is 0. The van der Waals surface area contributed by atoms with Crippen LogP contribution in [-0.2, 0) is 0 Å². The maximum atomic E-state index is 6.38. The van der Waals surface area contributed by atoms with Crippen LogP contribution in [0.15, 0.2) is 167 Å². The van der Waals surface area contributed by atoms with Crippen molar-refractivity contribution in [3.8, 4) is 21.7 Å². The van der Waals surface area contributed by atoms with Crippen molar-refractivity contribution in [2.45, 2.75) is 0 Å². The summed E-state index contributed by atoms with van der Waals surface area (Å²) >= 11 is 1.71. The van der Waals surface area contributed by atoms with Crippen molar-refractivity contribution >= 4 is 82.5 Å². The lowest BCUT2D eigenvalue weighted by molar-refractivity contribution is 0.669. The number of nitrogens with zero attached hydrogens (tertiary/aromatic N) is 2. The molecule has 10 aromatic rings. The third-order valence-corrected chi connectivity index (χ3v) is 10.2. The van der Waals surface area contributed by atoms with Gasteiger partial charge in [-0.05, 0) is 66.2 Å². The molecule has 0 saturated carbocycles. The van der Waals surface area contributed by atoms with Crippen molar-refractivity contribution < 1.29 is 8.83 Å². The maximum absolute atomic E-state index is 6.38. The van der Waals surface area contributed by atoms with Crippen molar-refractivity contribution in [2.75, 3.05) is 4.90 Å². The lowest BCUT2D eigenvalue weighted by Crippen LogP contribution is -2.09. The van der Waals surface area contributed by atoms with Gasteiger partial charge in [-0.25, -0.2) is 4.98 Å². The van der Waals surface area contributed by atoms with Gasteiger partial charge in [-0.2, -0.15) is 0 Å². The number of furan rings is 2. The first-order valence-corrected chi connectivity index (χ1v) is 16.8. The smallest absolute Gasteiger partial charge is 0.143 e. The summed E-state index contributed by atoms with van der Waals surface area (Å²) in [5.41, 5.74) is 10.9. The molecule has 0 bridgehead atoms. The Morgan fingerprint density at radius 3 is 2.02 bits per heavy atom. The normalized spacial score (nSPS) is 11.8. The van der Waals surface area contributed by atoms with Gasteiger partial charge in [-0.3, -0.25) is 0 Å². The molecule has 10 rings (SSSR count). The molecule has 3 heterocycles. The lowest BCUT2D eigenvalue weighted by Gasteiger charge is -2.25. The van der Waals surface area contributed by atoms with Gasteiger partial charge >= 0.3 is 0 Å². The first-order valence-electron chi connectivity index (χ1n) is 16.0. The SMILES string of the molecule is c1ccc(-c2nc3c(ccc4oc5ccc(N(c6ccccc6)c6ccc(-c7cccc8c7oc7ccccc78)cc6)cc5c43)s2)cc1. The fourth-order valence-corrected chi connectivity index (χ4v) is 7.85. The Morgan fingerprint density at radius 1 is 0.479 bits per heavy atom. The van der Waals surface area contributed by atoms with Crippen LogP contribution < -0.4 is 4.90 Å². The van der Waals surface area contributed by atoms with Gasteiger partial charge in [-0.15, -0.1) is 11.3 Å². The summed E-state index contributed by atoms with van der Waals surface area (Å²) < 4.78 is 13.9. The van der Waals surface area contributed by atoms with Crippen LogP contribution in [0.3, 0.4) is 0 Å². The van der Waals surface area contributed by atoms with Crippen LogP contribution in [0, 0.1) is 0 Å². The zero-order valence-corrected chi connectivity index (χ0v) is 26.4. The number of hydrogen-bond donors (Lipinski definition) is 0. The number of thiazole rings is 1. The van der Waals surface area contributed by atoms with Gasteiger partial charge < -0.3 is 13.7 Å². The first-order chi connectivity index (χ1) is 23.8. The molecule has 7 aromatic carbocycles. The summed E-state index contributed by atoms with van der Waals surface area (Å²) in [5, 5.41) is 5.36. The minimum Gasteiger partial charge on any atom is -0.456 e. The molecular weight excluding hydrogens is 609 g/mol. The molecule has 3 aromatic heterocycles. The van der Waals surface area contributed by atoms with E-state index in [4.69, 9.17) is 13.8 Å². The molecule has 0 spiro atoms. The highest BCUT2D eigenvalue weighted by Gasteiger charge is 2.19. The van der Waals surface area contributed by atoms with Crippen molar-refractivity contribution in [3.63, 3.8) is 0 Å². The number of anilines is 3. The Kier molecular flexibility index (Phi) is 6.01. The number of aromatic nitrogens is 1. The van der Waals surface area contributed by atoms with E-state index in [1.807, 2.05) is 18.2 Å². The van der Waals surface area contributed by atoms with Crippen LogP contribution in [0.4, 0.5) is 17.1 Å². The van der Waals surface area contributed by atoms with Crippen LogP contribution in [-0.4, -0.2) is 4.98 Å². The van der Waals surface area contributed by atoms with Gasteiger partial charge in [-0.1, -0.05) is 97.1 Å². The summed E-state index contributed by atoms with van der Waals surface area (Å²) in [6, 6.07) is 54.8. The monoisotopic (exact) mass is 634 g/mol. The lowest BCUT2D eigenvalue weighted by atomic mass is 10.0. The van der Waals surface area contributed by atoms with E-state index in [1.54, 1.807) is 11.3 Å². The number of hydrogen-bond acceptors (Lipinski definition) is 5. The molecule has 0 aliphatic carbocycles. The van der Waals surface area contributed by atoms with Gasteiger partial charge in [0, 0.05) is 44.3 Å². The summed E-state index contributed by atoms with van der Waals surface area (Å²) in [7, 11) is 0. The van der Waals surface area contributed by atoms with Crippen LogP contribution in [0.2, 0.25) is 0 Å². The van der Waals surface area contributed by atoms with Gasteiger partial charge in [0.15, 0.2) is 0 Å². The maximum Gasteiger partial charge on any atom is 0.143 e. The Labute approximate surface area is 279 Å². The van der Waals surface area contributed by atoms with Crippen LogP contribution in [0.5, 0.6) is 0 Å². The fraction of sp³-hybridized carbons (Fsp3) is 0. The minimum absolute atomic E-state index is 0.843. The third kappa shape index (κ3) is 4.25. The van der Waals surface area contributed by atoms with Gasteiger partial charge in [0.2, 0.25) is 0 Å². The molecule has 48 heavy (non-hydrogen) atoms. The van der Waals surface area contributed by atoms with Gasteiger partial charge in [0.25, 0.3) is 0 Å². The second-order valence-electron chi connectivity index (χ2n) is 12.0.